The van der Waals surface area contributed by atoms with Crippen molar-refractivity contribution < 1.29 is 22.7 Å². The van der Waals surface area contributed by atoms with Gasteiger partial charge in [0.1, 0.15) is 6.10 Å². The van der Waals surface area contributed by atoms with Crippen molar-refractivity contribution in [1.82, 2.24) is 0 Å². The highest BCUT2D eigenvalue weighted by atomic mass is 19.3. The molecule has 0 N–H and O–H groups in total. The van der Waals surface area contributed by atoms with Gasteiger partial charge in [0.2, 0.25) is 0 Å². The summed E-state index contributed by atoms with van der Waals surface area (Å²) in [6.45, 7) is 0.780. The largest absolute Gasteiger partial charge is 0.462 e. The van der Waals surface area contributed by atoms with E-state index in [1.807, 2.05) is 0 Å². The lowest BCUT2D eigenvalue weighted by Gasteiger charge is -2.28. The molecule has 0 heterocycles. The van der Waals surface area contributed by atoms with Gasteiger partial charge in [0.25, 0.3) is 5.92 Å². The highest BCUT2D eigenvalue weighted by Gasteiger charge is 2.29. The van der Waals surface area contributed by atoms with Crippen LogP contribution in [0, 0.1) is 0 Å². The molecule has 0 aromatic heterocycles. The first kappa shape index (κ1) is 17.8. The van der Waals surface area contributed by atoms with E-state index in [0.29, 0.717) is 5.92 Å². The summed E-state index contributed by atoms with van der Waals surface area (Å²) in [4.78, 5) is 11.3. The molecule has 1 fully saturated rings. The zero-order valence-electron chi connectivity index (χ0n) is 13.4. The highest BCUT2D eigenvalue weighted by Crippen LogP contribution is 2.36. The predicted molar refractivity (Wildman–Crippen MR) is 82.3 cm³/mol. The van der Waals surface area contributed by atoms with Crippen LogP contribution in [0.1, 0.15) is 62.5 Å². The van der Waals surface area contributed by atoms with Gasteiger partial charge in [0.05, 0.1) is 13.1 Å². The van der Waals surface area contributed by atoms with E-state index in [2.05, 4.69) is 0 Å². The van der Waals surface area contributed by atoms with Gasteiger partial charge < -0.3 is 4.74 Å². The van der Waals surface area contributed by atoms with Crippen LogP contribution in [-0.2, 0) is 15.5 Å². The molecule has 1 aromatic carbocycles. The normalized spacial score (nSPS) is 21.9. The fourth-order valence-corrected chi connectivity index (χ4v) is 3.04. The molecule has 0 bridgehead atoms. The third-order valence-electron chi connectivity index (χ3n) is 4.52. The summed E-state index contributed by atoms with van der Waals surface area (Å²) < 4.78 is 44.5. The van der Waals surface area contributed by atoms with E-state index in [1.54, 1.807) is 12.1 Å². The Morgan fingerprint density at radius 2 is 1.78 bits per heavy atom. The number of halogens is 3. The van der Waals surface area contributed by atoms with Gasteiger partial charge >= 0.3 is 5.97 Å². The molecule has 0 amide bonds. The maximum atomic E-state index is 13.6. The van der Waals surface area contributed by atoms with E-state index in [9.17, 15) is 18.0 Å². The Kier molecular flexibility index (Phi) is 6.08. The van der Waals surface area contributed by atoms with Gasteiger partial charge in [-0.25, -0.2) is 8.78 Å². The van der Waals surface area contributed by atoms with E-state index >= 15 is 0 Å². The zero-order chi connectivity index (χ0) is 16.9. The molecule has 128 valence electrons. The van der Waals surface area contributed by atoms with Gasteiger partial charge in [-0.15, -0.1) is 0 Å². The average molecular weight is 328 g/mol. The van der Waals surface area contributed by atoms with E-state index in [-0.39, 0.29) is 24.5 Å². The molecular weight excluding hydrogens is 305 g/mol. The van der Waals surface area contributed by atoms with Crippen LogP contribution in [-0.4, -0.2) is 18.7 Å². The number of rotatable bonds is 6. The molecular formula is C18H23F3O2. The third-order valence-corrected chi connectivity index (χ3v) is 4.52. The number of hydrogen-bond acceptors (Lipinski definition) is 2. The minimum Gasteiger partial charge on any atom is -0.462 e. The Balaban J connectivity index is 1.89. The van der Waals surface area contributed by atoms with Crippen molar-refractivity contribution in [2.24, 2.45) is 0 Å². The van der Waals surface area contributed by atoms with E-state index < -0.39 is 18.6 Å². The minimum atomic E-state index is -2.78. The summed E-state index contributed by atoms with van der Waals surface area (Å²) in [6, 6.07) is 6.57. The van der Waals surface area contributed by atoms with Crippen molar-refractivity contribution >= 4 is 5.97 Å². The molecule has 0 atom stereocenters. The standard InChI is InChI=1S/C18H23F3O2/c1-2-18(20,21)15-7-3-13(4-8-15)14-5-9-16(10-6-14)23-17(22)11-12-19/h3-4,7-8,14,16H,2,5-6,9-12H2,1H3. The van der Waals surface area contributed by atoms with Crippen LogP contribution in [0.5, 0.6) is 0 Å². The van der Waals surface area contributed by atoms with E-state index in [1.165, 1.54) is 19.1 Å². The van der Waals surface area contributed by atoms with Gasteiger partial charge in [0.15, 0.2) is 0 Å². The fraction of sp³-hybridized carbons (Fsp3) is 0.611. The summed E-state index contributed by atoms with van der Waals surface area (Å²) in [5, 5.41) is 0. The summed E-state index contributed by atoms with van der Waals surface area (Å²) >= 11 is 0. The van der Waals surface area contributed by atoms with Crippen LogP contribution in [0.25, 0.3) is 0 Å². The highest BCUT2D eigenvalue weighted by molar-refractivity contribution is 5.69. The molecule has 2 nitrogen and oxygen atoms in total. The van der Waals surface area contributed by atoms with Crippen molar-refractivity contribution in [1.29, 1.82) is 0 Å². The number of carbonyl (C=O) groups is 1. The molecule has 1 aromatic rings. The third kappa shape index (κ3) is 4.72. The maximum Gasteiger partial charge on any atom is 0.308 e. The molecule has 1 aliphatic carbocycles. The maximum absolute atomic E-state index is 13.6. The van der Waals surface area contributed by atoms with Gasteiger partial charge in [-0.05, 0) is 37.2 Å². The second kappa shape index (κ2) is 7.84. The lowest BCUT2D eigenvalue weighted by atomic mass is 9.82. The van der Waals surface area contributed by atoms with Crippen LogP contribution in [0.2, 0.25) is 0 Å². The number of ether oxygens (including phenoxy) is 1. The van der Waals surface area contributed by atoms with Crippen molar-refractivity contribution in [2.45, 2.75) is 63.4 Å². The first-order valence-electron chi connectivity index (χ1n) is 8.20. The lowest BCUT2D eigenvalue weighted by Crippen LogP contribution is -2.24. The van der Waals surface area contributed by atoms with Crippen LogP contribution in [0.3, 0.4) is 0 Å². The topological polar surface area (TPSA) is 26.3 Å². The second-order valence-electron chi connectivity index (χ2n) is 6.08. The van der Waals surface area contributed by atoms with Crippen LogP contribution in [0.15, 0.2) is 24.3 Å². The molecule has 2 rings (SSSR count). The SMILES string of the molecule is CCC(F)(F)c1ccc(C2CCC(OC(=O)CCF)CC2)cc1. The summed E-state index contributed by atoms with van der Waals surface area (Å²) in [5.74, 6) is -2.96. The van der Waals surface area contributed by atoms with Gasteiger partial charge in [-0.3, -0.25) is 9.18 Å². The molecule has 0 saturated heterocycles. The number of carbonyl (C=O) groups excluding carboxylic acids is 1. The van der Waals surface area contributed by atoms with Crippen LogP contribution >= 0.6 is 0 Å². The molecule has 0 spiro atoms. The molecule has 0 unspecified atom stereocenters. The Bertz CT molecular complexity index is 506. The Morgan fingerprint density at radius 1 is 1.17 bits per heavy atom. The Hall–Kier alpha value is -1.52. The van der Waals surface area contributed by atoms with Crippen molar-refractivity contribution in [3.8, 4) is 0 Å². The number of hydrogen-bond donors (Lipinski definition) is 0. The first-order chi connectivity index (χ1) is 11.0. The number of benzene rings is 1. The minimum absolute atomic E-state index is 0.0533. The molecule has 23 heavy (non-hydrogen) atoms. The summed E-state index contributed by atoms with van der Waals surface area (Å²) in [7, 11) is 0. The van der Waals surface area contributed by atoms with Crippen molar-refractivity contribution in [2.75, 3.05) is 6.67 Å². The monoisotopic (exact) mass is 328 g/mol. The van der Waals surface area contributed by atoms with E-state index in [0.717, 1.165) is 31.2 Å². The van der Waals surface area contributed by atoms with Crippen molar-refractivity contribution in [3.05, 3.63) is 35.4 Å². The number of esters is 1. The first-order valence-corrected chi connectivity index (χ1v) is 8.20. The quantitative estimate of drug-likeness (QED) is 0.678. The van der Waals surface area contributed by atoms with Crippen LogP contribution < -0.4 is 0 Å². The van der Waals surface area contributed by atoms with Gasteiger partial charge in [-0.1, -0.05) is 31.2 Å². The lowest BCUT2D eigenvalue weighted by molar-refractivity contribution is -0.150. The summed E-state index contributed by atoms with van der Waals surface area (Å²) in [6.07, 6.45) is 2.61. The second-order valence-corrected chi connectivity index (χ2v) is 6.08. The summed E-state index contributed by atoms with van der Waals surface area (Å²) in [5.41, 5.74) is 1.10. The molecule has 1 aliphatic rings. The Labute approximate surface area is 135 Å². The fourth-order valence-electron chi connectivity index (χ4n) is 3.04. The average Bonchev–Trinajstić information content (AvgIpc) is 2.56. The smallest absolute Gasteiger partial charge is 0.308 e. The Morgan fingerprint density at radius 3 is 2.30 bits per heavy atom. The predicted octanol–water partition coefficient (Wildman–Crippen LogP) is 5.12. The molecule has 5 heteroatoms. The molecule has 0 aliphatic heterocycles. The molecule has 0 radical (unpaired) electrons. The zero-order valence-corrected chi connectivity index (χ0v) is 13.4. The number of alkyl halides is 3. The van der Waals surface area contributed by atoms with Crippen molar-refractivity contribution in [3.63, 3.8) is 0 Å². The van der Waals surface area contributed by atoms with E-state index in [4.69, 9.17) is 4.74 Å². The molecule has 1 saturated carbocycles. The van der Waals surface area contributed by atoms with Crippen LogP contribution in [0.4, 0.5) is 13.2 Å². The van der Waals surface area contributed by atoms with Gasteiger partial charge in [0, 0.05) is 12.0 Å². The van der Waals surface area contributed by atoms with Gasteiger partial charge in [-0.2, -0.15) is 0 Å².